The summed E-state index contributed by atoms with van der Waals surface area (Å²) in [7, 11) is 0. The SMILES string of the molecule is C[C@@H]1CCCN(C(=O)CSc2nc3ccccc3n2CC(=O)N2C[C@H](C)C[C@@H](C)C2)C1. The number of likely N-dealkylation sites (tertiary alicyclic amines) is 2. The first-order valence-electron chi connectivity index (χ1n) is 11.5. The van der Waals surface area contributed by atoms with Crippen LogP contribution in [0.2, 0.25) is 0 Å². The zero-order chi connectivity index (χ0) is 22.0. The van der Waals surface area contributed by atoms with Crippen molar-refractivity contribution in [3.63, 3.8) is 0 Å². The molecule has 168 valence electrons. The fraction of sp³-hybridized carbons (Fsp3) is 0.625. The Labute approximate surface area is 189 Å². The highest BCUT2D eigenvalue weighted by molar-refractivity contribution is 7.99. The van der Waals surface area contributed by atoms with Crippen LogP contribution in [0.3, 0.4) is 0 Å². The maximum Gasteiger partial charge on any atom is 0.242 e. The maximum atomic E-state index is 13.2. The van der Waals surface area contributed by atoms with Gasteiger partial charge >= 0.3 is 0 Å². The molecule has 6 nitrogen and oxygen atoms in total. The molecule has 3 heterocycles. The van der Waals surface area contributed by atoms with Crippen molar-refractivity contribution in [1.29, 1.82) is 0 Å². The van der Waals surface area contributed by atoms with Gasteiger partial charge in [-0.25, -0.2) is 4.98 Å². The van der Waals surface area contributed by atoms with Gasteiger partial charge in [-0.2, -0.15) is 0 Å². The van der Waals surface area contributed by atoms with E-state index in [1.54, 1.807) is 0 Å². The predicted molar refractivity (Wildman–Crippen MR) is 125 cm³/mol. The zero-order valence-corrected chi connectivity index (χ0v) is 19.7. The van der Waals surface area contributed by atoms with E-state index in [-0.39, 0.29) is 18.4 Å². The highest BCUT2D eigenvalue weighted by atomic mass is 32.2. The minimum absolute atomic E-state index is 0.139. The Bertz CT molecular complexity index is 933. The molecule has 1 aromatic heterocycles. The number of thioether (sulfide) groups is 1. The molecule has 1 aromatic carbocycles. The maximum absolute atomic E-state index is 13.2. The molecule has 4 rings (SSSR count). The number of imidazole rings is 1. The number of nitrogens with zero attached hydrogens (tertiary/aromatic N) is 4. The first-order chi connectivity index (χ1) is 14.9. The molecule has 2 aliphatic rings. The van der Waals surface area contributed by atoms with E-state index in [9.17, 15) is 9.59 Å². The number of carbonyl (C=O) groups is 2. The summed E-state index contributed by atoms with van der Waals surface area (Å²) in [5.41, 5.74) is 1.83. The molecule has 0 unspecified atom stereocenters. The number of fused-ring (bicyclic) bond motifs is 1. The normalized spacial score (nSPS) is 24.5. The highest BCUT2D eigenvalue weighted by Gasteiger charge is 2.27. The third kappa shape index (κ3) is 5.25. The Hall–Kier alpha value is -2.02. The van der Waals surface area contributed by atoms with Gasteiger partial charge < -0.3 is 14.4 Å². The second kappa shape index (κ2) is 9.63. The van der Waals surface area contributed by atoms with Crippen LogP contribution in [0, 0.1) is 17.8 Å². The van der Waals surface area contributed by atoms with Crippen LogP contribution in [0.4, 0.5) is 0 Å². The van der Waals surface area contributed by atoms with Gasteiger partial charge in [0.05, 0.1) is 16.8 Å². The first kappa shape index (κ1) is 22.2. The Morgan fingerprint density at radius 2 is 1.71 bits per heavy atom. The second-order valence-corrected chi connectivity index (χ2v) is 10.5. The number of piperidine rings is 2. The molecule has 0 bridgehead atoms. The molecule has 2 saturated heterocycles. The van der Waals surface area contributed by atoms with Gasteiger partial charge in [-0.05, 0) is 49.1 Å². The number of carbonyl (C=O) groups excluding carboxylic acids is 2. The lowest BCUT2D eigenvalue weighted by atomic mass is 9.92. The quantitative estimate of drug-likeness (QED) is 0.659. The molecule has 0 radical (unpaired) electrons. The molecule has 2 amide bonds. The molecule has 31 heavy (non-hydrogen) atoms. The Kier molecular flexibility index (Phi) is 6.89. The third-order valence-corrected chi connectivity index (χ3v) is 7.43. The van der Waals surface area contributed by atoms with E-state index < -0.39 is 0 Å². The molecule has 2 aromatic rings. The van der Waals surface area contributed by atoms with Gasteiger partial charge in [0.2, 0.25) is 11.8 Å². The monoisotopic (exact) mass is 442 g/mol. The highest BCUT2D eigenvalue weighted by Crippen LogP contribution is 2.27. The smallest absolute Gasteiger partial charge is 0.242 e. The van der Waals surface area contributed by atoms with E-state index >= 15 is 0 Å². The fourth-order valence-corrected chi connectivity index (χ4v) is 5.97. The van der Waals surface area contributed by atoms with Crippen molar-refractivity contribution in [2.75, 3.05) is 31.9 Å². The topological polar surface area (TPSA) is 58.4 Å². The summed E-state index contributed by atoms with van der Waals surface area (Å²) in [5, 5.41) is 0.756. The summed E-state index contributed by atoms with van der Waals surface area (Å²) in [5.74, 6) is 2.30. The summed E-state index contributed by atoms with van der Waals surface area (Å²) in [6.07, 6.45) is 3.45. The van der Waals surface area contributed by atoms with Crippen LogP contribution in [0.5, 0.6) is 0 Å². The third-order valence-electron chi connectivity index (χ3n) is 6.47. The van der Waals surface area contributed by atoms with Gasteiger partial charge in [0.15, 0.2) is 5.16 Å². The lowest BCUT2D eigenvalue weighted by Gasteiger charge is -2.35. The number of rotatable bonds is 5. The largest absolute Gasteiger partial charge is 0.342 e. The van der Waals surface area contributed by atoms with Crippen LogP contribution in [0.15, 0.2) is 29.4 Å². The van der Waals surface area contributed by atoms with Crippen molar-refractivity contribution in [2.45, 2.75) is 51.7 Å². The first-order valence-corrected chi connectivity index (χ1v) is 12.5. The zero-order valence-electron chi connectivity index (χ0n) is 18.9. The summed E-state index contributed by atoms with van der Waals surface area (Å²) in [6.45, 7) is 10.3. The second-order valence-electron chi connectivity index (χ2n) is 9.59. The van der Waals surface area contributed by atoms with Crippen molar-refractivity contribution in [3.05, 3.63) is 24.3 Å². The van der Waals surface area contributed by atoms with Crippen LogP contribution in [-0.4, -0.2) is 63.1 Å². The van der Waals surface area contributed by atoms with Crippen LogP contribution in [0.1, 0.15) is 40.0 Å². The van der Waals surface area contributed by atoms with Crippen molar-refractivity contribution >= 4 is 34.6 Å². The summed E-state index contributed by atoms with van der Waals surface area (Å²) in [4.78, 5) is 34.7. The molecule has 2 fully saturated rings. The van der Waals surface area contributed by atoms with E-state index in [0.29, 0.717) is 23.5 Å². The Balaban J connectivity index is 1.49. The predicted octanol–water partition coefficient (Wildman–Crippen LogP) is 3.89. The van der Waals surface area contributed by atoms with Crippen LogP contribution < -0.4 is 0 Å². The Morgan fingerprint density at radius 3 is 2.45 bits per heavy atom. The molecule has 3 atom stereocenters. The van der Waals surface area contributed by atoms with Gasteiger partial charge in [-0.15, -0.1) is 0 Å². The number of para-hydroxylation sites is 2. The molecule has 0 aliphatic carbocycles. The molecular weight excluding hydrogens is 408 g/mol. The molecule has 7 heteroatoms. The van der Waals surface area contributed by atoms with Gasteiger partial charge in [0, 0.05) is 26.2 Å². The standard InChI is InChI=1S/C24H34N4O2S/c1-17-7-6-10-26(12-17)23(30)16-31-24-25-20-8-4-5-9-21(20)28(24)15-22(29)27-13-18(2)11-19(3)14-27/h4-5,8-9,17-19H,6-7,10-16H2,1-3H3/t17-,18-,19-/m1/s1. The number of hydrogen-bond donors (Lipinski definition) is 0. The minimum atomic E-state index is 0.139. The average Bonchev–Trinajstić information content (AvgIpc) is 3.08. The van der Waals surface area contributed by atoms with Crippen molar-refractivity contribution in [2.24, 2.45) is 17.8 Å². The molecule has 0 N–H and O–H groups in total. The van der Waals surface area contributed by atoms with Gasteiger partial charge in [0.1, 0.15) is 6.54 Å². The van der Waals surface area contributed by atoms with Crippen LogP contribution >= 0.6 is 11.8 Å². The van der Waals surface area contributed by atoms with Crippen molar-refractivity contribution < 1.29 is 9.59 Å². The average molecular weight is 443 g/mol. The number of aromatic nitrogens is 2. The Morgan fingerprint density at radius 1 is 1.00 bits per heavy atom. The van der Waals surface area contributed by atoms with Crippen LogP contribution in [0.25, 0.3) is 11.0 Å². The molecular formula is C24H34N4O2S. The summed E-state index contributed by atoms with van der Waals surface area (Å²) < 4.78 is 2.00. The number of benzene rings is 1. The molecule has 2 aliphatic heterocycles. The van der Waals surface area contributed by atoms with Crippen LogP contribution in [-0.2, 0) is 16.1 Å². The number of hydrogen-bond acceptors (Lipinski definition) is 4. The van der Waals surface area contributed by atoms with E-state index in [4.69, 9.17) is 4.98 Å². The van der Waals surface area contributed by atoms with E-state index in [1.807, 2.05) is 38.6 Å². The lowest BCUT2D eigenvalue weighted by Crippen LogP contribution is -2.44. The fourth-order valence-electron chi connectivity index (χ4n) is 5.05. The van der Waals surface area contributed by atoms with Crippen molar-refractivity contribution in [1.82, 2.24) is 19.4 Å². The minimum Gasteiger partial charge on any atom is -0.342 e. The number of amides is 2. The van der Waals surface area contributed by atoms with E-state index in [1.165, 1.54) is 24.6 Å². The summed E-state index contributed by atoms with van der Waals surface area (Å²) in [6, 6.07) is 7.92. The molecule has 0 spiro atoms. The van der Waals surface area contributed by atoms with Gasteiger partial charge in [-0.3, -0.25) is 9.59 Å². The van der Waals surface area contributed by atoms with E-state index in [0.717, 1.165) is 48.8 Å². The molecule has 0 saturated carbocycles. The van der Waals surface area contributed by atoms with Gasteiger partial charge in [0.25, 0.3) is 0 Å². The van der Waals surface area contributed by atoms with Gasteiger partial charge in [-0.1, -0.05) is 44.7 Å². The van der Waals surface area contributed by atoms with Crippen molar-refractivity contribution in [3.8, 4) is 0 Å². The van der Waals surface area contributed by atoms with E-state index in [2.05, 4.69) is 20.8 Å². The summed E-state index contributed by atoms with van der Waals surface area (Å²) >= 11 is 1.46. The lowest BCUT2D eigenvalue weighted by molar-refractivity contribution is -0.134.